The Kier molecular flexibility index (Phi) is 3.54. The molecule has 0 saturated carbocycles. The maximum Gasteiger partial charge on any atom is 0.412 e. The Bertz CT molecular complexity index is 438. The van der Waals surface area contributed by atoms with Crippen molar-refractivity contribution in [1.82, 2.24) is 4.90 Å². The maximum absolute atomic E-state index is 12.3. The molecular weight excluding hydrogens is 242 g/mol. The van der Waals surface area contributed by atoms with Crippen LogP contribution in [0.1, 0.15) is 33.3 Å². The van der Waals surface area contributed by atoms with Gasteiger partial charge in [0.2, 0.25) is 0 Å². The van der Waals surface area contributed by atoms with Crippen LogP contribution >= 0.6 is 0 Å². The van der Waals surface area contributed by atoms with Gasteiger partial charge in [-0.05, 0) is 33.3 Å². The SMILES string of the molecule is CC1(C)COC(C)(C)N1C(=O)OCc1ccccc1. The van der Waals surface area contributed by atoms with E-state index < -0.39 is 5.72 Å². The fourth-order valence-electron chi connectivity index (χ4n) is 2.46. The average molecular weight is 263 g/mol. The predicted molar refractivity (Wildman–Crippen MR) is 72.6 cm³/mol. The van der Waals surface area contributed by atoms with E-state index >= 15 is 0 Å². The van der Waals surface area contributed by atoms with Crippen molar-refractivity contribution in [2.75, 3.05) is 6.61 Å². The fraction of sp³-hybridized carbons (Fsp3) is 0.533. The van der Waals surface area contributed by atoms with E-state index in [0.717, 1.165) is 5.56 Å². The number of amides is 1. The Balaban J connectivity index is 2.03. The van der Waals surface area contributed by atoms with Crippen LogP contribution in [0.2, 0.25) is 0 Å². The van der Waals surface area contributed by atoms with Gasteiger partial charge in [0.05, 0.1) is 12.1 Å². The van der Waals surface area contributed by atoms with Crippen LogP contribution in [0.15, 0.2) is 30.3 Å². The van der Waals surface area contributed by atoms with Gasteiger partial charge in [-0.1, -0.05) is 30.3 Å². The molecule has 0 N–H and O–H groups in total. The number of carbonyl (C=O) groups excluding carboxylic acids is 1. The van der Waals surface area contributed by atoms with Crippen molar-refractivity contribution in [2.24, 2.45) is 0 Å². The summed E-state index contributed by atoms with van der Waals surface area (Å²) in [5.74, 6) is 0. The number of benzene rings is 1. The van der Waals surface area contributed by atoms with Crippen molar-refractivity contribution in [3.63, 3.8) is 0 Å². The molecule has 104 valence electrons. The van der Waals surface area contributed by atoms with E-state index in [2.05, 4.69) is 0 Å². The first-order chi connectivity index (χ1) is 8.83. The van der Waals surface area contributed by atoms with Crippen molar-refractivity contribution in [2.45, 2.75) is 45.6 Å². The summed E-state index contributed by atoms with van der Waals surface area (Å²) in [6.07, 6.45) is -0.337. The lowest BCUT2D eigenvalue weighted by Crippen LogP contribution is -2.52. The van der Waals surface area contributed by atoms with Gasteiger partial charge in [0.1, 0.15) is 12.3 Å². The minimum absolute atomic E-state index is 0.280. The monoisotopic (exact) mass is 263 g/mol. The maximum atomic E-state index is 12.3. The van der Waals surface area contributed by atoms with Gasteiger partial charge < -0.3 is 9.47 Å². The molecule has 1 aliphatic rings. The number of hydrogen-bond acceptors (Lipinski definition) is 3. The molecule has 19 heavy (non-hydrogen) atoms. The second-order valence-electron chi connectivity index (χ2n) is 5.92. The van der Waals surface area contributed by atoms with Gasteiger partial charge in [-0.3, -0.25) is 4.90 Å². The van der Waals surface area contributed by atoms with Crippen molar-refractivity contribution in [1.29, 1.82) is 0 Å². The molecule has 1 saturated heterocycles. The second kappa shape index (κ2) is 4.85. The summed E-state index contributed by atoms with van der Waals surface area (Å²) >= 11 is 0. The zero-order valence-electron chi connectivity index (χ0n) is 12.0. The van der Waals surface area contributed by atoms with Crippen LogP contribution in [0.4, 0.5) is 4.79 Å². The summed E-state index contributed by atoms with van der Waals surface area (Å²) in [6.45, 7) is 8.51. The van der Waals surface area contributed by atoms with Gasteiger partial charge >= 0.3 is 6.09 Å². The molecule has 1 fully saturated rings. The molecule has 0 atom stereocenters. The van der Waals surface area contributed by atoms with E-state index in [1.807, 2.05) is 58.0 Å². The first-order valence-corrected chi connectivity index (χ1v) is 6.48. The van der Waals surface area contributed by atoms with E-state index in [1.54, 1.807) is 4.90 Å². The smallest absolute Gasteiger partial charge is 0.412 e. The van der Waals surface area contributed by atoms with Gasteiger partial charge in [0.15, 0.2) is 0 Å². The molecule has 0 unspecified atom stereocenters. The Morgan fingerprint density at radius 3 is 2.42 bits per heavy atom. The number of hydrogen-bond donors (Lipinski definition) is 0. The highest BCUT2D eigenvalue weighted by Gasteiger charge is 2.49. The van der Waals surface area contributed by atoms with Gasteiger partial charge in [-0.25, -0.2) is 4.79 Å². The highest BCUT2D eigenvalue weighted by Crippen LogP contribution is 2.35. The Hall–Kier alpha value is -1.55. The molecule has 1 aliphatic heterocycles. The Labute approximate surface area is 114 Å². The van der Waals surface area contributed by atoms with Crippen LogP contribution in [-0.4, -0.2) is 28.9 Å². The van der Waals surface area contributed by atoms with Crippen LogP contribution in [0.5, 0.6) is 0 Å². The van der Waals surface area contributed by atoms with Gasteiger partial charge in [-0.2, -0.15) is 0 Å². The number of rotatable bonds is 2. The normalized spacial score (nSPS) is 20.3. The lowest BCUT2D eigenvalue weighted by molar-refractivity contribution is -0.0529. The van der Waals surface area contributed by atoms with E-state index in [4.69, 9.17) is 9.47 Å². The standard InChI is InChI=1S/C15H21NO3/c1-14(2)11-19-15(3,4)16(14)13(17)18-10-12-8-6-5-7-9-12/h5-9H,10-11H2,1-4H3. The number of ether oxygens (including phenoxy) is 2. The molecule has 0 spiro atoms. The predicted octanol–water partition coefficient (Wildman–Crippen LogP) is 3.17. The highest BCUT2D eigenvalue weighted by molar-refractivity contribution is 5.70. The van der Waals surface area contributed by atoms with Gasteiger partial charge in [0, 0.05) is 0 Å². The zero-order chi connectivity index (χ0) is 14.1. The van der Waals surface area contributed by atoms with Crippen molar-refractivity contribution in [3.05, 3.63) is 35.9 Å². The van der Waals surface area contributed by atoms with Crippen molar-refractivity contribution >= 4 is 6.09 Å². The van der Waals surface area contributed by atoms with Gasteiger partial charge in [-0.15, -0.1) is 0 Å². The third-order valence-corrected chi connectivity index (χ3v) is 3.31. The highest BCUT2D eigenvalue weighted by atomic mass is 16.6. The molecule has 1 amide bonds. The van der Waals surface area contributed by atoms with Crippen LogP contribution in [-0.2, 0) is 16.1 Å². The number of nitrogens with zero attached hydrogens (tertiary/aromatic N) is 1. The zero-order valence-corrected chi connectivity index (χ0v) is 12.0. The van der Waals surface area contributed by atoms with Crippen LogP contribution in [0.25, 0.3) is 0 Å². The quantitative estimate of drug-likeness (QED) is 0.822. The largest absolute Gasteiger partial charge is 0.444 e. The van der Waals surface area contributed by atoms with E-state index in [9.17, 15) is 4.79 Å². The lowest BCUT2D eigenvalue weighted by atomic mass is 10.0. The summed E-state index contributed by atoms with van der Waals surface area (Å²) in [5, 5.41) is 0. The molecule has 4 nitrogen and oxygen atoms in total. The van der Waals surface area contributed by atoms with Crippen molar-refractivity contribution in [3.8, 4) is 0 Å². The molecular formula is C15H21NO3. The van der Waals surface area contributed by atoms with E-state index in [-0.39, 0.29) is 18.2 Å². The van der Waals surface area contributed by atoms with Crippen molar-refractivity contribution < 1.29 is 14.3 Å². The average Bonchev–Trinajstić information content (AvgIpc) is 2.57. The minimum atomic E-state index is -0.628. The first kappa shape index (κ1) is 13.9. The lowest BCUT2D eigenvalue weighted by Gasteiger charge is -2.36. The number of carbonyl (C=O) groups is 1. The molecule has 4 heteroatoms. The first-order valence-electron chi connectivity index (χ1n) is 6.48. The summed E-state index contributed by atoms with van der Waals surface area (Å²) in [6, 6.07) is 9.66. The molecule has 0 aromatic heterocycles. The molecule has 1 aromatic carbocycles. The fourth-order valence-corrected chi connectivity index (χ4v) is 2.46. The molecule has 0 aliphatic carbocycles. The third kappa shape index (κ3) is 2.89. The Morgan fingerprint density at radius 2 is 1.89 bits per heavy atom. The summed E-state index contributed by atoms with van der Waals surface area (Å²) < 4.78 is 11.1. The molecule has 1 heterocycles. The topological polar surface area (TPSA) is 38.8 Å². The molecule has 2 rings (SSSR count). The summed E-state index contributed by atoms with van der Waals surface area (Å²) in [4.78, 5) is 13.9. The van der Waals surface area contributed by atoms with Crippen LogP contribution < -0.4 is 0 Å². The summed E-state index contributed by atoms with van der Waals surface area (Å²) in [5.41, 5.74) is 0.000676. The van der Waals surface area contributed by atoms with E-state index in [0.29, 0.717) is 6.61 Å². The van der Waals surface area contributed by atoms with Crippen LogP contribution in [0, 0.1) is 0 Å². The Morgan fingerprint density at radius 1 is 1.26 bits per heavy atom. The molecule has 1 aromatic rings. The second-order valence-corrected chi connectivity index (χ2v) is 5.92. The molecule has 0 bridgehead atoms. The van der Waals surface area contributed by atoms with Crippen LogP contribution in [0.3, 0.4) is 0 Å². The van der Waals surface area contributed by atoms with Gasteiger partial charge in [0.25, 0.3) is 0 Å². The van der Waals surface area contributed by atoms with E-state index in [1.165, 1.54) is 0 Å². The third-order valence-electron chi connectivity index (χ3n) is 3.31. The summed E-state index contributed by atoms with van der Waals surface area (Å²) in [7, 11) is 0. The minimum Gasteiger partial charge on any atom is -0.444 e. The molecule has 0 radical (unpaired) electrons.